The van der Waals surface area contributed by atoms with Gasteiger partial charge in [0.25, 0.3) is 5.56 Å². The molecule has 202 valence electrons. The van der Waals surface area contributed by atoms with Crippen molar-refractivity contribution in [2.24, 2.45) is 0 Å². The van der Waals surface area contributed by atoms with Crippen LogP contribution in [0.2, 0.25) is 0 Å². The number of anilines is 1. The van der Waals surface area contributed by atoms with E-state index >= 15 is 0 Å². The summed E-state index contributed by atoms with van der Waals surface area (Å²) in [6.45, 7) is 3.84. The molecule has 1 N–H and O–H groups in total. The maximum absolute atomic E-state index is 13.5. The summed E-state index contributed by atoms with van der Waals surface area (Å²) in [6, 6.07) is 16.5. The molecule has 0 radical (unpaired) electrons. The monoisotopic (exact) mass is 561 g/mol. The van der Waals surface area contributed by atoms with Crippen molar-refractivity contribution in [3.05, 3.63) is 81.0 Å². The van der Waals surface area contributed by atoms with E-state index in [0.29, 0.717) is 32.3 Å². The van der Waals surface area contributed by atoms with Crippen LogP contribution in [0.5, 0.6) is 0 Å². The van der Waals surface area contributed by atoms with E-state index < -0.39 is 5.25 Å². The highest BCUT2D eigenvalue weighted by Gasteiger charge is 2.28. The Kier molecular flexibility index (Phi) is 8.47. The third kappa shape index (κ3) is 5.79. The second-order valence-corrected chi connectivity index (χ2v) is 11.9. The predicted octanol–water partition coefficient (Wildman–Crippen LogP) is 6.40. The van der Waals surface area contributed by atoms with Gasteiger partial charge in [0.15, 0.2) is 5.16 Å². The minimum absolute atomic E-state index is 0.190. The highest BCUT2D eigenvalue weighted by molar-refractivity contribution is 8.00. The third-order valence-corrected chi connectivity index (χ3v) is 9.06. The summed E-state index contributed by atoms with van der Waals surface area (Å²) in [6.07, 6.45) is 6.10. The van der Waals surface area contributed by atoms with Crippen LogP contribution in [0.1, 0.15) is 60.3 Å². The summed E-state index contributed by atoms with van der Waals surface area (Å²) in [5.41, 5.74) is 2.58. The average Bonchev–Trinajstić information content (AvgIpc) is 3.25. The van der Waals surface area contributed by atoms with Crippen LogP contribution >= 0.6 is 23.1 Å². The molecular formula is C30H31N3O4S2. The molecule has 0 saturated heterocycles. The Labute approximate surface area is 235 Å². The molecule has 0 saturated carbocycles. The summed E-state index contributed by atoms with van der Waals surface area (Å²) < 4.78 is 6.94. The molecule has 2 heterocycles. The topological polar surface area (TPSA) is 90.3 Å². The SMILES string of the molecule is CCOC(=O)c1c(NC(=O)C(C)Sc2nc3ccccc3c(=O)n2-c2ccccc2)sc2c1CCCCCC2. The summed E-state index contributed by atoms with van der Waals surface area (Å²) in [4.78, 5) is 45.9. The van der Waals surface area contributed by atoms with Crippen LogP contribution in [-0.2, 0) is 22.4 Å². The van der Waals surface area contributed by atoms with Gasteiger partial charge in [-0.15, -0.1) is 11.3 Å². The smallest absolute Gasteiger partial charge is 0.341 e. The van der Waals surface area contributed by atoms with Gasteiger partial charge in [-0.25, -0.2) is 9.78 Å². The van der Waals surface area contributed by atoms with E-state index in [1.807, 2.05) is 42.5 Å². The first-order valence-electron chi connectivity index (χ1n) is 13.3. The van der Waals surface area contributed by atoms with Crippen molar-refractivity contribution < 1.29 is 14.3 Å². The summed E-state index contributed by atoms with van der Waals surface area (Å²) >= 11 is 2.70. The van der Waals surface area contributed by atoms with Gasteiger partial charge in [-0.3, -0.25) is 14.2 Å². The molecule has 0 spiro atoms. The van der Waals surface area contributed by atoms with E-state index in [4.69, 9.17) is 9.72 Å². The van der Waals surface area contributed by atoms with E-state index in [1.165, 1.54) is 29.5 Å². The zero-order valence-electron chi connectivity index (χ0n) is 22.1. The number of hydrogen-bond donors (Lipinski definition) is 1. The molecule has 1 unspecified atom stereocenters. The molecule has 2 aromatic carbocycles. The Hall–Kier alpha value is -3.43. The largest absolute Gasteiger partial charge is 0.462 e. The molecule has 4 aromatic rings. The van der Waals surface area contributed by atoms with Crippen molar-refractivity contribution in [1.82, 2.24) is 9.55 Å². The second kappa shape index (κ2) is 12.2. The van der Waals surface area contributed by atoms with Crippen LogP contribution in [0.15, 0.2) is 64.5 Å². The Balaban J connectivity index is 1.47. The van der Waals surface area contributed by atoms with Crippen molar-refractivity contribution in [2.75, 3.05) is 11.9 Å². The van der Waals surface area contributed by atoms with Crippen LogP contribution in [0, 0.1) is 0 Å². The van der Waals surface area contributed by atoms with Crippen LogP contribution < -0.4 is 10.9 Å². The number of aryl methyl sites for hydroxylation is 1. The fourth-order valence-electron chi connectivity index (χ4n) is 4.85. The normalized spacial score (nSPS) is 14.2. The standard InChI is InChI=1S/C30H31N3O4S2/c1-3-37-29(36)25-22-16-9-4-5-10-18-24(22)39-27(25)32-26(34)19(2)38-30-31-23-17-12-11-15-21(23)28(35)33(30)20-13-7-6-8-14-20/h6-8,11-15,17,19H,3-5,9-10,16,18H2,1-2H3,(H,32,34). The number of thioether (sulfide) groups is 1. The van der Waals surface area contributed by atoms with Gasteiger partial charge in [0.1, 0.15) is 5.00 Å². The van der Waals surface area contributed by atoms with Crippen LogP contribution in [-0.4, -0.2) is 33.3 Å². The number of nitrogens with one attached hydrogen (secondary N) is 1. The molecule has 5 rings (SSSR count). The lowest BCUT2D eigenvalue weighted by atomic mass is 9.96. The summed E-state index contributed by atoms with van der Waals surface area (Å²) in [5.74, 6) is -0.651. The van der Waals surface area contributed by atoms with Gasteiger partial charge in [0.05, 0.1) is 34.0 Å². The predicted molar refractivity (Wildman–Crippen MR) is 157 cm³/mol. The number of amides is 1. The number of esters is 1. The summed E-state index contributed by atoms with van der Waals surface area (Å²) in [5, 5.41) is 3.92. The van der Waals surface area contributed by atoms with Gasteiger partial charge >= 0.3 is 5.97 Å². The van der Waals surface area contributed by atoms with Gasteiger partial charge in [-0.1, -0.05) is 54.9 Å². The minimum Gasteiger partial charge on any atom is -0.462 e. The van der Waals surface area contributed by atoms with Crippen LogP contribution in [0.25, 0.3) is 16.6 Å². The molecule has 7 nitrogen and oxygen atoms in total. The number of nitrogens with zero attached hydrogens (tertiary/aromatic N) is 2. The first-order valence-corrected chi connectivity index (χ1v) is 15.0. The number of carbonyl (C=O) groups excluding carboxylic acids is 2. The van der Waals surface area contributed by atoms with Crippen molar-refractivity contribution >= 4 is 50.9 Å². The van der Waals surface area contributed by atoms with E-state index in [-0.39, 0.29) is 24.0 Å². The third-order valence-electron chi connectivity index (χ3n) is 6.80. The molecule has 1 atom stereocenters. The molecule has 9 heteroatoms. The van der Waals surface area contributed by atoms with Gasteiger partial charge in [0, 0.05) is 4.88 Å². The Bertz CT molecular complexity index is 1560. The number of benzene rings is 2. The lowest BCUT2D eigenvalue weighted by Crippen LogP contribution is -2.26. The zero-order valence-corrected chi connectivity index (χ0v) is 23.7. The zero-order chi connectivity index (χ0) is 27.4. The number of ether oxygens (including phenoxy) is 1. The number of para-hydroxylation sites is 2. The van der Waals surface area contributed by atoms with E-state index in [2.05, 4.69) is 5.32 Å². The van der Waals surface area contributed by atoms with Crippen LogP contribution in [0.3, 0.4) is 0 Å². The maximum atomic E-state index is 13.5. The lowest BCUT2D eigenvalue weighted by Gasteiger charge is -2.16. The molecule has 0 fully saturated rings. The van der Waals surface area contributed by atoms with Crippen molar-refractivity contribution in [2.45, 2.75) is 62.8 Å². The number of rotatable bonds is 7. The molecule has 1 aliphatic rings. The highest BCUT2D eigenvalue weighted by atomic mass is 32.2. The van der Waals surface area contributed by atoms with Gasteiger partial charge in [-0.05, 0) is 69.4 Å². The number of thiophene rings is 1. The number of carbonyl (C=O) groups is 2. The highest BCUT2D eigenvalue weighted by Crippen LogP contribution is 2.38. The molecule has 2 aromatic heterocycles. The Morgan fingerprint density at radius 1 is 1.05 bits per heavy atom. The minimum atomic E-state index is -0.590. The summed E-state index contributed by atoms with van der Waals surface area (Å²) in [7, 11) is 0. The lowest BCUT2D eigenvalue weighted by molar-refractivity contribution is -0.115. The number of hydrogen-bond acceptors (Lipinski definition) is 7. The Morgan fingerprint density at radius 2 is 1.77 bits per heavy atom. The molecule has 1 aliphatic carbocycles. The average molecular weight is 562 g/mol. The maximum Gasteiger partial charge on any atom is 0.341 e. The molecule has 39 heavy (non-hydrogen) atoms. The van der Waals surface area contributed by atoms with Gasteiger partial charge in [-0.2, -0.15) is 0 Å². The van der Waals surface area contributed by atoms with E-state index in [1.54, 1.807) is 30.5 Å². The van der Waals surface area contributed by atoms with Crippen molar-refractivity contribution in [3.8, 4) is 5.69 Å². The van der Waals surface area contributed by atoms with Gasteiger partial charge in [0.2, 0.25) is 5.91 Å². The number of fused-ring (bicyclic) bond motifs is 2. The molecule has 0 bridgehead atoms. The molecule has 0 aliphatic heterocycles. The van der Waals surface area contributed by atoms with Crippen molar-refractivity contribution in [1.29, 1.82) is 0 Å². The number of aromatic nitrogens is 2. The fourth-order valence-corrected chi connectivity index (χ4v) is 7.06. The first-order chi connectivity index (χ1) is 19.0. The molecule has 1 amide bonds. The van der Waals surface area contributed by atoms with Crippen LogP contribution in [0.4, 0.5) is 5.00 Å². The fraction of sp³-hybridized carbons (Fsp3) is 0.333. The first kappa shape index (κ1) is 27.1. The van der Waals surface area contributed by atoms with Crippen molar-refractivity contribution in [3.63, 3.8) is 0 Å². The quantitative estimate of drug-likeness (QED) is 0.159. The Morgan fingerprint density at radius 3 is 2.54 bits per heavy atom. The molecular weight excluding hydrogens is 530 g/mol. The van der Waals surface area contributed by atoms with E-state index in [0.717, 1.165) is 42.5 Å². The van der Waals surface area contributed by atoms with Gasteiger partial charge < -0.3 is 10.1 Å². The van der Waals surface area contributed by atoms with E-state index in [9.17, 15) is 14.4 Å². The second-order valence-electron chi connectivity index (χ2n) is 9.48.